The molecule has 0 aliphatic rings. The van der Waals surface area contributed by atoms with Crippen molar-refractivity contribution in [1.29, 1.82) is 0 Å². The Kier molecular flexibility index (Phi) is 4.69. The van der Waals surface area contributed by atoms with Gasteiger partial charge in [-0.25, -0.2) is 0 Å². The molecule has 0 bridgehead atoms. The van der Waals surface area contributed by atoms with Crippen molar-refractivity contribution >= 4 is 5.69 Å². The second-order valence-electron chi connectivity index (χ2n) is 4.85. The fraction of sp³-hybridized carbons (Fsp3) is 0.375. The van der Waals surface area contributed by atoms with Gasteiger partial charge in [-0.3, -0.25) is 0 Å². The van der Waals surface area contributed by atoms with Gasteiger partial charge in [-0.1, -0.05) is 6.07 Å². The zero-order valence-corrected chi connectivity index (χ0v) is 12.3. The van der Waals surface area contributed by atoms with Crippen LogP contribution in [0.2, 0.25) is 0 Å². The molecule has 1 heterocycles. The first-order chi connectivity index (χ1) is 9.65. The summed E-state index contributed by atoms with van der Waals surface area (Å²) in [7, 11) is 1.88. The first-order valence-electron chi connectivity index (χ1n) is 6.93. The Labute approximate surface area is 120 Å². The zero-order valence-electron chi connectivity index (χ0n) is 12.3. The molecule has 0 aliphatic carbocycles. The van der Waals surface area contributed by atoms with Gasteiger partial charge in [0, 0.05) is 29.9 Å². The summed E-state index contributed by atoms with van der Waals surface area (Å²) in [5.41, 5.74) is 1.90. The molecule has 108 valence electrons. The summed E-state index contributed by atoms with van der Waals surface area (Å²) < 4.78 is 5.38. The second-order valence-corrected chi connectivity index (χ2v) is 4.85. The molecule has 0 aliphatic heterocycles. The van der Waals surface area contributed by atoms with E-state index in [1.54, 1.807) is 6.26 Å². The summed E-state index contributed by atoms with van der Waals surface area (Å²) in [6, 6.07) is 9.80. The summed E-state index contributed by atoms with van der Waals surface area (Å²) in [5.74, 6) is 1.24. The lowest BCUT2D eigenvalue weighted by molar-refractivity contribution is 0.457. The molecule has 4 nitrogen and oxygen atoms in total. The highest BCUT2D eigenvalue weighted by Crippen LogP contribution is 2.29. The number of phenols is 1. The van der Waals surface area contributed by atoms with E-state index in [1.165, 1.54) is 0 Å². The summed E-state index contributed by atoms with van der Waals surface area (Å²) in [4.78, 5) is 2.16. The van der Waals surface area contributed by atoms with Crippen molar-refractivity contribution in [2.75, 3.05) is 18.5 Å². The molecule has 0 fully saturated rings. The number of nitrogens with zero attached hydrogens (tertiary/aromatic N) is 1. The maximum absolute atomic E-state index is 10.2. The molecular formula is C16H22N2O2. The predicted molar refractivity (Wildman–Crippen MR) is 81.0 cm³/mol. The van der Waals surface area contributed by atoms with E-state index in [0.717, 1.165) is 23.6 Å². The summed E-state index contributed by atoms with van der Waals surface area (Å²) in [6.45, 7) is 5.66. The molecule has 0 radical (unpaired) electrons. The molecule has 0 spiro atoms. The van der Waals surface area contributed by atoms with Crippen LogP contribution < -0.4 is 10.2 Å². The van der Waals surface area contributed by atoms with Gasteiger partial charge in [-0.2, -0.15) is 0 Å². The number of nitrogens with one attached hydrogen (secondary N) is 1. The van der Waals surface area contributed by atoms with Gasteiger partial charge >= 0.3 is 0 Å². The second kappa shape index (κ2) is 6.48. The Hall–Kier alpha value is -1.94. The first kappa shape index (κ1) is 14.5. The molecule has 1 atom stereocenters. The van der Waals surface area contributed by atoms with Crippen molar-refractivity contribution in [1.82, 2.24) is 5.32 Å². The van der Waals surface area contributed by atoms with Crippen LogP contribution in [0, 0.1) is 0 Å². The largest absolute Gasteiger partial charge is 0.508 e. The smallest absolute Gasteiger partial charge is 0.123 e. The fourth-order valence-electron chi connectivity index (χ4n) is 2.23. The molecule has 0 saturated heterocycles. The standard InChI is InChI=1S/C16H22N2O2/c1-4-18(11-14-6-5-9-20-14)13-7-8-15(12(2)17-3)16(19)10-13/h5-10,12,17,19H,4,11H2,1-3H3. The third-order valence-electron chi connectivity index (χ3n) is 3.59. The maximum Gasteiger partial charge on any atom is 0.123 e. The van der Waals surface area contributed by atoms with Crippen molar-refractivity contribution < 1.29 is 9.52 Å². The Bertz CT molecular complexity index is 537. The Morgan fingerprint density at radius 2 is 2.15 bits per heavy atom. The highest BCUT2D eigenvalue weighted by molar-refractivity contribution is 5.54. The van der Waals surface area contributed by atoms with E-state index < -0.39 is 0 Å². The van der Waals surface area contributed by atoms with Gasteiger partial charge in [0.2, 0.25) is 0 Å². The normalized spacial score (nSPS) is 12.3. The van der Waals surface area contributed by atoms with E-state index >= 15 is 0 Å². The average Bonchev–Trinajstić information content (AvgIpc) is 2.96. The van der Waals surface area contributed by atoms with Gasteiger partial charge in [0.25, 0.3) is 0 Å². The molecule has 2 aromatic rings. The monoisotopic (exact) mass is 274 g/mol. The minimum Gasteiger partial charge on any atom is -0.508 e. The minimum atomic E-state index is 0.129. The lowest BCUT2D eigenvalue weighted by atomic mass is 10.1. The highest BCUT2D eigenvalue weighted by Gasteiger charge is 2.12. The number of benzene rings is 1. The Morgan fingerprint density at radius 3 is 2.70 bits per heavy atom. The number of furan rings is 1. The van der Waals surface area contributed by atoms with Crippen molar-refractivity contribution in [2.45, 2.75) is 26.4 Å². The van der Waals surface area contributed by atoms with Crippen molar-refractivity contribution in [3.05, 3.63) is 47.9 Å². The third-order valence-corrected chi connectivity index (χ3v) is 3.59. The van der Waals surface area contributed by atoms with Crippen LogP contribution in [0.25, 0.3) is 0 Å². The van der Waals surface area contributed by atoms with Crippen LogP contribution in [0.5, 0.6) is 5.75 Å². The fourth-order valence-corrected chi connectivity index (χ4v) is 2.23. The molecule has 4 heteroatoms. The SMILES string of the molecule is CCN(Cc1ccco1)c1ccc(C(C)NC)c(O)c1. The number of rotatable bonds is 6. The molecule has 0 amide bonds. The van der Waals surface area contributed by atoms with E-state index in [1.807, 2.05) is 44.3 Å². The van der Waals surface area contributed by atoms with Gasteiger partial charge in [0.15, 0.2) is 0 Å². The Balaban J connectivity index is 2.20. The lowest BCUT2D eigenvalue weighted by Crippen LogP contribution is -2.22. The first-order valence-corrected chi connectivity index (χ1v) is 6.93. The number of phenolic OH excluding ortho intramolecular Hbond substituents is 1. The van der Waals surface area contributed by atoms with Crippen LogP contribution in [-0.2, 0) is 6.54 Å². The van der Waals surface area contributed by atoms with Crippen molar-refractivity contribution in [2.24, 2.45) is 0 Å². The van der Waals surface area contributed by atoms with E-state index in [2.05, 4.69) is 17.1 Å². The maximum atomic E-state index is 10.2. The van der Waals surface area contributed by atoms with Crippen LogP contribution in [0.15, 0.2) is 41.0 Å². The number of aromatic hydroxyl groups is 1. The van der Waals surface area contributed by atoms with Gasteiger partial charge in [0.1, 0.15) is 11.5 Å². The Morgan fingerprint density at radius 1 is 1.35 bits per heavy atom. The number of anilines is 1. The van der Waals surface area contributed by atoms with Crippen LogP contribution in [0.4, 0.5) is 5.69 Å². The molecule has 1 aromatic heterocycles. The van der Waals surface area contributed by atoms with Gasteiger partial charge in [0.05, 0.1) is 12.8 Å². The van der Waals surface area contributed by atoms with E-state index in [0.29, 0.717) is 12.3 Å². The topological polar surface area (TPSA) is 48.6 Å². The lowest BCUT2D eigenvalue weighted by Gasteiger charge is -2.23. The molecule has 20 heavy (non-hydrogen) atoms. The predicted octanol–water partition coefficient (Wildman–Crippen LogP) is 3.29. The summed E-state index contributed by atoms with van der Waals surface area (Å²) >= 11 is 0. The average molecular weight is 274 g/mol. The molecule has 1 unspecified atom stereocenters. The third kappa shape index (κ3) is 3.14. The number of hydrogen-bond donors (Lipinski definition) is 2. The molecule has 2 rings (SSSR count). The minimum absolute atomic E-state index is 0.129. The zero-order chi connectivity index (χ0) is 14.5. The van der Waals surface area contributed by atoms with Crippen LogP contribution >= 0.6 is 0 Å². The van der Waals surface area contributed by atoms with Crippen LogP contribution in [0.3, 0.4) is 0 Å². The van der Waals surface area contributed by atoms with E-state index in [-0.39, 0.29) is 6.04 Å². The van der Waals surface area contributed by atoms with Crippen LogP contribution in [-0.4, -0.2) is 18.7 Å². The van der Waals surface area contributed by atoms with E-state index in [9.17, 15) is 5.11 Å². The van der Waals surface area contributed by atoms with Gasteiger partial charge < -0.3 is 19.7 Å². The van der Waals surface area contributed by atoms with E-state index in [4.69, 9.17) is 4.42 Å². The van der Waals surface area contributed by atoms with Crippen molar-refractivity contribution in [3.8, 4) is 5.75 Å². The van der Waals surface area contributed by atoms with Gasteiger partial charge in [-0.15, -0.1) is 0 Å². The van der Waals surface area contributed by atoms with Crippen molar-refractivity contribution in [3.63, 3.8) is 0 Å². The summed E-state index contributed by atoms with van der Waals surface area (Å²) in [5, 5.41) is 13.3. The molecule has 0 saturated carbocycles. The molecule has 1 aromatic carbocycles. The summed E-state index contributed by atoms with van der Waals surface area (Å²) in [6.07, 6.45) is 1.68. The van der Waals surface area contributed by atoms with Crippen LogP contribution in [0.1, 0.15) is 31.2 Å². The van der Waals surface area contributed by atoms with Gasteiger partial charge in [-0.05, 0) is 39.1 Å². The highest BCUT2D eigenvalue weighted by atomic mass is 16.3. The molecular weight excluding hydrogens is 252 g/mol. The quantitative estimate of drug-likeness (QED) is 0.848. The molecule has 2 N–H and O–H groups in total. The number of hydrogen-bond acceptors (Lipinski definition) is 4.